The average Bonchev–Trinajstić information content (AvgIpc) is 2.88. The van der Waals surface area contributed by atoms with E-state index in [4.69, 9.17) is 5.26 Å². The van der Waals surface area contributed by atoms with Crippen LogP contribution in [0.5, 0.6) is 0 Å². The van der Waals surface area contributed by atoms with Crippen molar-refractivity contribution in [2.75, 3.05) is 11.9 Å². The van der Waals surface area contributed by atoms with Crippen molar-refractivity contribution < 1.29 is 0 Å². The zero-order chi connectivity index (χ0) is 11.9. The van der Waals surface area contributed by atoms with Crippen molar-refractivity contribution in [1.29, 1.82) is 5.26 Å². The summed E-state index contributed by atoms with van der Waals surface area (Å²) in [5.41, 5.74) is 1.54. The lowest BCUT2D eigenvalue weighted by molar-refractivity contribution is 0.491. The second-order valence-corrected chi connectivity index (χ2v) is 4.75. The molecule has 0 aromatic carbocycles. The minimum atomic E-state index is 0.681. The van der Waals surface area contributed by atoms with Gasteiger partial charge in [-0.2, -0.15) is 5.26 Å². The van der Waals surface area contributed by atoms with Crippen molar-refractivity contribution in [1.82, 2.24) is 4.98 Å². The van der Waals surface area contributed by atoms with Gasteiger partial charge in [0.05, 0.1) is 17.4 Å². The lowest BCUT2D eigenvalue weighted by atomic mass is 10.0. The SMILES string of the molecule is N#Cc1ccncc1NCCCC1CCCC1. The number of nitrogens with zero attached hydrogens (tertiary/aromatic N) is 2. The first-order valence-electron chi connectivity index (χ1n) is 6.48. The third-order valence-electron chi connectivity index (χ3n) is 3.52. The topological polar surface area (TPSA) is 48.7 Å². The fourth-order valence-electron chi connectivity index (χ4n) is 2.55. The lowest BCUT2D eigenvalue weighted by Gasteiger charge is -2.10. The first-order chi connectivity index (χ1) is 8.40. The highest BCUT2D eigenvalue weighted by Gasteiger charge is 2.13. The van der Waals surface area contributed by atoms with E-state index in [9.17, 15) is 0 Å². The van der Waals surface area contributed by atoms with Crippen LogP contribution in [-0.4, -0.2) is 11.5 Å². The summed E-state index contributed by atoms with van der Waals surface area (Å²) in [6, 6.07) is 3.92. The Morgan fingerprint density at radius 1 is 1.41 bits per heavy atom. The minimum Gasteiger partial charge on any atom is -0.383 e. The Bertz CT molecular complexity index is 389. The smallest absolute Gasteiger partial charge is 0.101 e. The van der Waals surface area contributed by atoms with E-state index in [2.05, 4.69) is 16.4 Å². The number of pyridine rings is 1. The van der Waals surface area contributed by atoms with Crippen molar-refractivity contribution >= 4 is 5.69 Å². The van der Waals surface area contributed by atoms with Crippen LogP contribution in [0.2, 0.25) is 0 Å². The van der Waals surface area contributed by atoms with Crippen molar-refractivity contribution in [2.45, 2.75) is 38.5 Å². The molecule has 0 amide bonds. The molecule has 0 aliphatic heterocycles. The van der Waals surface area contributed by atoms with Gasteiger partial charge < -0.3 is 5.32 Å². The summed E-state index contributed by atoms with van der Waals surface area (Å²) in [5.74, 6) is 0.945. The van der Waals surface area contributed by atoms with E-state index in [-0.39, 0.29) is 0 Å². The number of hydrogen-bond donors (Lipinski definition) is 1. The first-order valence-corrected chi connectivity index (χ1v) is 6.48. The van der Waals surface area contributed by atoms with Crippen molar-refractivity contribution in [3.63, 3.8) is 0 Å². The lowest BCUT2D eigenvalue weighted by Crippen LogP contribution is -2.05. The van der Waals surface area contributed by atoms with Crippen LogP contribution in [0.3, 0.4) is 0 Å². The zero-order valence-electron chi connectivity index (χ0n) is 10.2. The largest absolute Gasteiger partial charge is 0.383 e. The summed E-state index contributed by atoms with van der Waals surface area (Å²) < 4.78 is 0. The summed E-state index contributed by atoms with van der Waals surface area (Å²) in [5, 5.41) is 12.2. The quantitative estimate of drug-likeness (QED) is 0.788. The highest BCUT2D eigenvalue weighted by atomic mass is 14.9. The second kappa shape index (κ2) is 6.24. The fraction of sp³-hybridized carbons (Fsp3) is 0.571. The zero-order valence-corrected chi connectivity index (χ0v) is 10.2. The molecule has 1 fully saturated rings. The Morgan fingerprint density at radius 3 is 3.00 bits per heavy atom. The van der Waals surface area contributed by atoms with Gasteiger partial charge in [-0.05, 0) is 24.8 Å². The predicted octanol–water partition coefficient (Wildman–Crippen LogP) is 3.34. The highest BCUT2D eigenvalue weighted by Crippen LogP contribution is 2.28. The van der Waals surface area contributed by atoms with Crippen LogP contribution in [0.25, 0.3) is 0 Å². The summed E-state index contributed by atoms with van der Waals surface area (Å²) in [6.45, 7) is 0.941. The molecular weight excluding hydrogens is 210 g/mol. The molecule has 3 nitrogen and oxygen atoms in total. The molecule has 0 spiro atoms. The number of nitrogens with one attached hydrogen (secondary N) is 1. The third-order valence-corrected chi connectivity index (χ3v) is 3.52. The van der Waals surface area contributed by atoms with Crippen molar-refractivity contribution in [3.8, 4) is 6.07 Å². The van der Waals surface area contributed by atoms with Gasteiger partial charge >= 0.3 is 0 Å². The molecule has 2 rings (SSSR count). The summed E-state index contributed by atoms with van der Waals surface area (Å²) in [7, 11) is 0. The monoisotopic (exact) mass is 229 g/mol. The van der Waals surface area contributed by atoms with Crippen molar-refractivity contribution in [3.05, 3.63) is 24.0 Å². The standard InChI is InChI=1S/C14H19N3/c15-10-13-7-9-16-11-14(13)17-8-3-6-12-4-1-2-5-12/h7,9,11-12,17H,1-6,8H2. The maximum atomic E-state index is 8.93. The Hall–Kier alpha value is -1.56. The molecule has 1 aromatic rings. The molecule has 1 heterocycles. The van der Waals surface area contributed by atoms with Gasteiger partial charge in [0.25, 0.3) is 0 Å². The molecule has 1 N–H and O–H groups in total. The molecule has 17 heavy (non-hydrogen) atoms. The number of nitriles is 1. The van der Waals surface area contributed by atoms with Gasteiger partial charge in [0, 0.05) is 12.7 Å². The first kappa shape index (κ1) is 11.9. The molecule has 1 saturated carbocycles. The molecule has 0 radical (unpaired) electrons. The molecule has 1 aromatic heterocycles. The number of hydrogen-bond acceptors (Lipinski definition) is 3. The highest BCUT2D eigenvalue weighted by molar-refractivity contribution is 5.55. The van der Waals surface area contributed by atoms with E-state index < -0.39 is 0 Å². The van der Waals surface area contributed by atoms with Crippen LogP contribution in [0.1, 0.15) is 44.1 Å². The van der Waals surface area contributed by atoms with E-state index >= 15 is 0 Å². The van der Waals surface area contributed by atoms with E-state index in [1.807, 2.05) is 0 Å². The van der Waals surface area contributed by atoms with Crippen LogP contribution in [-0.2, 0) is 0 Å². The Labute approximate surface area is 103 Å². The molecule has 0 unspecified atom stereocenters. The average molecular weight is 229 g/mol. The third kappa shape index (κ3) is 3.45. The molecular formula is C14H19N3. The number of rotatable bonds is 5. The minimum absolute atomic E-state index is 0.681. The van der Waals surface area contributed by atoms with Crippen LogP contribution in [0, 0.1) is 17.2 Å². The predicted molar refractivity (Wildman–Crippen MR) is 68.6 cm³/mol. The van der Waals surface area contributed by atoms with E-state index in [0.717, 1.165) is 18.2 Å². The number of aromatic nitrogens is 1. The molecule has 1 aliphatic rings. The maximum Gasteiger partial charge on any atom is 0.101 e. The van der Waals surface area contributed by atoms with Gasteiger partial charge in [0.2, 0.25) is 0 Å². The van der Waals surface area contributed by atoms with Crippen LogP contribution in [0.15, 0.2) is 18.5 Å². The van der Waals surface area contributed by atoms with Gasteiger partial charge in [-0.3, -0.25) is 4.98 Å². The van der Waals surface area contributed by atoms with Gasteiger partial charge in [0.15, 0.2) is 0 Å². The molecule has 0 atom stereocenters. The van der Waals surface area contributed by atoms with E-state index in [0.29, 0.717) is 5.56 Å². The van der Waals surface area contributed by atoms with E-state index in [1.54, 1.807) is 18.5 Å². The summed E-state index contributed by atoms with van der Waals surface area (Å²) in [6.07, 6.45) is 11.5. The Balaban J connectivity index is 1.72. The number of anilines is 1. The molecule has 90 valence electrons. The summed E-state index contributed by atoms with van der Waals surface area (Å²) >= 11 is 0. The van der Waals surface area contributed by atoms with Gasteiger partial charge in [-0.1, -0.05) is 25.7 Å². The molecule has 3 heteroatoms. The molecule has 0 bridgehead atoms. The van der Waals surface area contributed by atoms with Crippen LogP contribution >= 0.6 is 0 Å². The van der Waals surface area contributed by atoms with Crippen molar-refractivity contribution in [2.24, 2.45) is 5.92 Å². The van der Waals surface area contributed by atoms with Crippen LogP contribution in [0.4, 0.5) is 5.69 Å². The van der Waals surface area contributed by atoms with E-state index in [1.165, 1.54) is 38.5 Å². The van der Waals surface area contributed by atoms with Gasteiger partial charge in [-0.15, -0.1) is 0 Å². The summed E-state index contributed by atoms with van der Waals surface area (Å²) in [4.78, 5) is 4.04. The fourth-order valence-corrected chi connectivity index (χ4v) is 2.55. The Kier molecular flexibility index (Phi) is 4.37. The maximum absolute atomic E-state index is 8.93. The van der Waals surface area contributed by atoms with Gasteiger partial charge in [0.1, 0.15) is 6.07 Å². The molecule has 1 aliphatic carbocycles. The van der Waals surface area contributed by atoms with Gasteiger partial charge in [-0.25, -0.2) is 0 Å². The second-order valence-electron chi connectivity index (χ2n) is 4.75. The Morgan fingerprint density at radius 2 is 2.24 bits per heavy atom. The normalized spacial score (nSPS) is 15.7. The molecule has 0 saturated heterocycles. The van der Waals surface area contributed by atoms with Crippen LogP contribution < -0.4 is 5.32 Å².